The number of aliphatic hydroxyl groups excluding tert-OH is 1. The maximum Gasteiger partial charge on any atom is 0.159 e. The van der Waals surface area contributed by atoms with Crippen molar-refractivity contribution in [1.29, 1.82) is 0 Å². The highest BCUT2D eigenvalue weighted by atomic mass is 19.2. The van der Waals surface area contributed by atoms with Crippen LogP contribution in [-0.2, 0) is 6.42 Å². The summed E-state index contributed by atoms with van der Waals surface area (Å²) >= 11 is 0. The lowest BCUT2D eigenvalue weighted by molar-refractivity contribution is 0.161. The fraction of sp³-hybridized carbons (Fsp3) is 0.467. The first-order chi connectivity index (χ1) is 8.63. The maximum absolute atomic E-state index is 13.0. The van der Waals surface area contributed by atoms with Crippen LogP contribution in [-0.4, -0.2) is 11.2 Å². The molecule has 0 aromatic heterocycles. The number of allylic oxidation sites excluding steroid dienone is 1. The zero-order valence-electron chi connectivity index (χ0n) is 10.5. The van der Waals surface area contributed by atoms with Gasteiger partial charge in [0, 0.05) is 0 Å². The molecule has 0 fully saturated rings. The van der Waals surface area contributed by atoms with Gasteiger partial charge in [-0.15, -0.1) is 6.58 Å². The Morgan fingerprint density at radius 1 is 1.17 bits per heavy atom. The second-order valence-corrected chi connectivity index (χ2v) is 4.53. The van der Waals surface area contributed by atoms with Crippen LogP contribution in [0.3, 0.4) is 0 Å². The quantitative estimate of drug-likeness (QED) is 0.549. The van der Waals surface area contributed by atoms with Crippen LogP contribution in [0.1, 0.15) is 37.7 Å². The minimum atomic E-state index is -0.856. The van der Waals surface area contributed by atoms with Crippen LogP contribution >= 0.6 is 0 Å². The van der Waals surface area contributed by atoms with E-state index in [1.165, 1.54) is 6.07 Å². The van der Waals surface area contributed by atoms with Gasteiger partial charge in [0.25, 0.3) is 0 Å². The molecule has 1 aromatic rings. The van der Waals surface area contributed by atoms with Gasteiger partial charge in [0.15, 0.2) is 11.6 Å². The monoisotopic (exact) mass is 254 g/mol. The van der Waals surface area contributed by atoms with Gasteiger partial charge < -0.3 is 5.11 Å². The van der Waals surface area contributed by atoms with Crippen molar-refractivity contribution >= 4 is 0 Å². The summed E-state index contributed by atoms with van der Waals surface area (Å²) in [6.07, 6.45) is 6.55. The zero-order valence-corrected chi connectivity index (χ0v) is 10.5. The molecule has 0 aliphatic heterocycles. The molecule has 1 N–H and O–H groups in total. The van der Waals surface area contributed by atoms with Gasteiger partial charge in [-0.1, -0.05) is 25.0 Å². The van der Waals surface area contributed by atoms with E-state index in [0.717, 1.165) is 37.8 Å². The van der Waals surface area contributed by atoms with E-state index < -0.39 is 17.7 Å². The summed E-state index contributed by atoms with van der Waals surface area (Å²) in [5.41, 5.74) is 0.632. The maximum atomic E-state index is 13.0. The molecule has 0 aliphatic carbocycles. The average molecular weight is 254 g/mol. The first kappa shape index (κ1) is 14.8. The average Bonchev–Trinajstić information content (AvgIpc) is 2.34. The lowest BCUT2D eigenvalue weighted by Crippen LogP contribution is -2.10. The third-order valence-corrected chi connectivity index (χ3v) is 2.90. The molecule has 0 amide bonds. The Hall–Kier alpha value is -1.22. The molecule has 1 rings (SSSR count). The third kappa shape index (κ3) is 5.41. The van der Waals surface area contributed by atoms with Crippen molar-refractivity contribution in [3.8, 4) is 0 Å². The van der Waals surface area contributed by atoms with E-state index in [9.17, 15) is 13.9 Å². The minimum absolute atomic E-state index is 0.374. The topological polar surface area (TPSA) is 20.2 Å². The molecule has 0 saturated heterocycles. The Bertz CT molecular complexity index is 377. The Morgan fingerprint density at radius 3 is 2.61 bits per heavy atom. The Labute approximate surface area is 107 Å². The van der Waals surface area contributed by atoms with Crippen molar-refractivity contribution in [3.05, 3.63) is 48.1 Å². The molecule has 1 unspecified atom stereocenters. The molecule has 100 valence electrons. The molecule has 0 saturated carbocycles. The predicted octanol–water partition coefficient (Wildman–Crippen LogP) is 4.00. The Morgan fingerprint density at radius 2 is 1.94 bits per heavy atom. The smallest absolute Gasteiger partial charge is 0.159 e. The van der Waals surface area contributed by atoms with Gasteiger partial charge in [-0.25, -0.2) is 8.78 Å². The first-order valence-corrected chi connectivity index (χ1v) is 6.36. The van der Waals surface area contributed by atoms with Gasteiger partial charge in [-0.2, -0.15) is 0 Å². The SMILES string of the molecule is C=CCCCCCC(O)Cc1ccc(F)c(F)c1. The summed E-state index contributed by atoms with van der Waals surface area (Å²) in [5.74, 6) is -1.71. The van der Waals surface area contributed by atoms with E-state index in [0.29, 0.717) is 18.4 Å². The van der Waals surface area contributed by atoms with E-state index >= 15 is 0 Å². The number of aliphatic hydroxyl groups is 1. The normalized spacial score (nSPS) is 12.4. The summed E-state index contributed by atoms with van der Waals surface area (Å²) in [6, 6.07) is 3.76. The van der Waals surface area contributed by atoms with E-state index in [-0.39, 0.29) is 0 Å². The van der Waals surface area contributed by atoms with Crippen LogP contribution < -0.4 is 0 Å². The van der Waals surface area contributed by atoms with Crippen molar-refractivity contribution < 1.29 is 13.9 Å². The molecule has 1 nitrogen and oxygen atoms in total. The Kier molecular flexibility index (Phi) is 6.58. The summed E-state index contributed by atoms with van der Waals surface area (Å²) in [6.45, 7) is 3.65. The standard InChI is InChI=1S/C15H20F2O/c1-2-3-4-5-6-7-13(18)10-12-8-9-14(16)15(17)11-12/h2,8-9,11,13,18H,1,3-7,10H2. The minimum Gasteiger partial charge on any atom is -0.393 e. The van der Waals surface area contributed by atoms with E-state index in [1.54, 1.807) is 0 Å². The fourth-order valence-corrected chi connectivity index (χ4v) is 1.89. The molecule has 0 bridgehead atoms. The molecule has 0 heterocycles. The lowest BCUT2D eigenvalue weighted by atomic mass is 10.0. The van der Waals surface area contributed by atoms with Crippen molar-refractivity contribution in [2.24, 2.45) is 0 Å². The summed E-state index contributed by atoms with van der Waals surface area (Å²) in [4.78, 5) is 0. The number of hydrogen-bond donors (Lipinski definition) is 1. The highest BCUT2D eigenvalue weighted by molar-refractivity contribution is 5.18. The van der Waals surface area contributed by atoms with Crippen molar-refractivity contribution in [3.63, 3.8) is 0 Å². The molecule has 0 radical (unpaired) electrons. The van der Waals surface area contributed by atoms with Gasteiger partial charge in [0.2, 0.25) is 0 Å². The number of benzene rings is 1. The summed E-state index contributed by atoms with van der Waals surface area (Å²) in [5, 5.41) is 9.78. The second-order valence-electron chi connectivity index (χ2n) is 4.53. The van der Waals surface area contributed by atoms with E-state index in [2.05, 4.69) is 6.58 Å². The largest absolute Gasteiger partial charge is 0.393 e. The highest BCUT2D eigenvalue weighted by Gasteiger charge is 2.08. The number of hydrogen-bond acceptors (Lipinski definition) is 1. The third-order valence-electron chi connectivity index (χ3n) is 2.90. The van der Waals surface area contributed by atoms with Crippen molar-refractivity contribution in [1.82, 2.24) is 0 Å². The molecule has 18 heavy (non-hydrogen) atoms. The van der Waals surface area contributed by atoms with Crippen molar-refractivity contribution in [2.75, 3.05) is 0 Å². The highest BCUT2D eigenvalue weighted by Crippen LogP contribution is 2.13. The second kappa shape index (κ2) is 7.98. The molecular weight excluding hydrogens is 234 g/mol. The van der Waals surface area contributed by atoms with Gasteiger partial charge in [0.1, 0.15) is 0 Å². The molecule has 0 spiro atoms. The lowest BCUT2D eigenvalue weighted by Gasteiger charge is -2.10. The number of rotatable bonds is 8. The predicted molar refractivity (Wildman–Crippen MR) is 69.4 cm³/mol. The summed E-state index contributed by atoms with van der Waals surface area (Å²) < 4.78 is 25.7. The number of unbranched alkanes of at least 4 members (excludes halogenated alkanes) is 3. The fourth-order valence-electron chi connectivity index (χ4n) is 1.89. The Balaban J connectivity index is 2.28. The molecule has 1 aromatic carbocycles. The van der Waals surface area contributed by atoms with E-state index in [1.807, 2.05) is 6.08 Å². The van der Waals surface area contributed by atoms with Gasteiger partial charge in [-0.05, 0) is 43.4 Å². The van der Waals surface area contributed by atoms with Crippen LogP contribution in [0.15, 0.2) is 30.9 Å². The molecule has 3 heteroatoms. The van der Waals surface area contributed by atoms with Gasteiger partial charge in [-0.3, -0.25) is 0 Å². The molecular formula is C15H20F2O. The van der Waals surface area contributed by atoms with Gasteiger partial charge >= 0.3 is 0 Å². The van der Waals surface area contributed by atoms with Gasteiger partial charge in [0.05, 0.1) is 6.10 Å². The van der Waals surface area contributed by atoms with E-state index in [4.69, 9.17) is 0 Å². The van der Waals surface area contributed by atoms with Crippen LogP contribution in [0.4, 0.5) is 8.78 Å². The summed E-state index contributed by atoms with van der Waals surface area (Å²) in [7, 11) is 0. The zero-order chi connectivity index (χ0) is 13.4. The first-order valence-electron chi connectivity index (χ1n) is 6.36. The van der Waals surface area contributed by atoms with Crippen LogP contribution in [0, 0.1) is 11.6 Å². The van der Waals surface area contributed by atoms with Crippen LogP contribution in [0.2, 0.25) is 0 Å². The molecule has 1 atom stereocenters. The van der Waals surface area contributed by atoms with Crippen LogP contribution in [0.5, 0.6) is 0 Å². The van der Waals surface area contributed by atoms with Crippen molar-refractivity contribution in [2.45, 2.75) is 44.6 Å². The van der Waals surface area contributed by atoms with Crippen LogP contribution in [0.25, 0.3) is 0 Å². The molecule has 0 aliphatic rings. The number of halogens is 2.